The predicted molar refractivity (Wildman–Crippen MR) is 71.6 cm³/mol. The SMILES string of the molecule is Nc1ccc2ncc(-c3ccccc3)cc2c1. The van der Waals surface area contributed by atoms with Gasteiger partial charge >= 0.3 is 0 Å². The molecule has 17 heavy (non-hydrogen) atoms. The van der Waals surface area contributed by atoms with Gasteiger partial charge in [0.1, 0.15) is 0 Å². The van der Waals surface area contributed by atoms with Crippen molar-refractivity contribution in [2.24, 2.45) is 0 Å². The Kier molecular flexibility index (Phi) is 2.26. The van der Waals surface area contributed by atoms with Gasteiger partial charge in [0.15, 0.2) is 0 Å². The number of hydrogen-bond acceptors (Lipinski definition) is 2. The second-order valence-corrected chi connectivity index (χ2v) is 4.04. The predicted octanol–water partition coefficient (Wildman–Crippen LogP) is 3.48. The van der Waals surface area contributed by atoms with Crippen LogP contribution in [0.2, 0.25) is 0 Å². The van der Waals surface area contributed by atoms with Gasteiger partial charge < -0.3 is 5.73 Å². The van der Waals surface area contributed by atoms with Crippen LogP contribution in [0.5, 0.6) is 0 Å². The minimum Gasteiger partial charge on any atom is -0.399 e. The molecule has 2 N–H and O–H groups in total. The van der Waals surface area contributed by atoms with E-state index in [4.69, 9.17) is 5.73 Å². The van der Waals surface area contributed by atoms with E-state index in [0.717, 1.165) is 22.2 Å². The number of aromatic nitrogens is 1. The molecular formula is C15H12N2. The third kappa shape index (κ3) is 1.85. The van der Waals surface area contributed by atoms with E-state index >= 15 is 0 Å². The zero-order valence-corrected chi connectivity index (χ0v) is 9.30. The van der Waals surface area contributed by atoms with Crippen molar-refractivity contribution < 1.29 is 0 Å². The number of fused-ring (bicyclic) bond motifs is 1. The topological polar surface area (TPSA) is 38.9 Å². The van der Waals surface area contributed by atoms with Gasteiger partial charge in [-0.3, -0.25) is 4.98 Å². The zero-order valence-electron chi connectivity index (χ0n) is 9.30. The van der Waals surface area contributed by atoms with Gasteiger partial charge in [-0.05, 0) is 29.8 Å². The first-order valence-electron chi connectivity index (χ1n) is 5.54. The Morgan fingerprint density at radius 2 is 1.65 bits per heavy atom. The standard InChI is InChI=1S/C15H12N2/c16-14-6-7-15-12(9-14)8-13(10-17-15)11-4-2-1-3-5-11/h1-10H,16H2. The minimum absolute atomic E-state index is 0.768. The van der Waals surface area contributed by atoms with Gasteiger partial charge in [-0.2, -0.15) is 0 Å². The molecule has 2 aromatic carbocycles. The van der Waals surface area contributed by atoms with Gasteiger partial charge in [-0.15, -0.1) is 0 Å². The Labute approximate surface area is 99.7 Å². The molecule has 0 aliphatic carbocycles. The number of hydrogen-bond donors (Lipinski definition) is 1. The molecule has 0 atom stereocenters. The second-order valence-electron chi connectivity index (χ2n) is 4.04. The maximum atomic E-state index is 5.78. The molecule has 0 bridgehead atoms. The molecule has 2 heteroatoms. The number of nitrogen functional groups attached to an aromatic ring is 1. The van der Waals surface area contributed by atoms with Crippen molar-refractivity contribution in [1.29, 1.82) is 0 Å². The molecule has 0 saturated heterocycles. The molecule has 0 saturated carbocycles. The van der Waals surface area contributed by atoms with E-state index < -0.39 is 0 Å². The van der Waals surface area contributed by atoms with Crippen LogP contribution in [-0.4, -0.2) is 4.98 Å². The van der Waals surface area contributed by atoms with Gasteiger partial charge in [0.2, 0.25) is 0 Å². The fraction of sp³-hybridized carbons (Fsp3) is 0. The molecular weight excluding hydrogens is 208 g/mol. The second kappa shape index (κ2) is 3.91. The van der Waals surface area contributed by atoms with E-state index in [9.17, 15) is 0 Å². The molecule has 0 aliphatic heterocycles. The quantitative estimate of drug-likeness (QED) is 0.637. The molecule has 0 radical (unpaired) electrons. The summed E-state index contributed by atoms with van der Waals surface area (Å²) in [6.07, 6.45) is 1.90. The van der Waals surface area contributed by atoms with Crippen LogP contribution in [0.15, 0.2) is 60.8 Å². The summed E-state index contributed by atoms with van der Waals surface area (Å²) in [5.74, 6) is 0. The number of nitrogens with zero attached hydrogens (tertiary/aromatic N) is 1. The third-order valence-electron chi connectivity index (χ3n) is 2.81. The van der Waals surface area contributed by atoms with Crippen LogP contribution in [0.25, 0.3) is 22.0 Å². The van der Waals surface area contributed by atoms with Crippen molar-refractivity contribution in [3.63, 3.8) is 0 Å². The van der Waals surface area contributed by atoms with Crippen molar-refractivity contribution in [3.8, 4) is 11.1 Å². The average molecular weight is 220 g/mol. The Morgan fingerprint density at radius 1 is 0.824 bits per heavy atom. The number of anilines is 1. The lowest BCUT2D eigenvalue weighted by Crippen LogP contribution is -1.86. The van der Waals surface area contributed by atoms with Crippen molar-refractivity contribution in [2.45, 2.75) is 0 Å². The molecule has 0 unspecified atom stereocenters. The fourth-order valence-corrected chi connectivity index (χ4v) is 1.94. The highest BCUT2D eigenvalue weighted by Gasteiger charge is 2.00. The average Bonchev–Trinajstić information content (AvgIpc) is 2.39. The molecule has 2 nitrogen and oxygen atoms in total. The number of benzene rings is 2. The lowest BCUT2D eigenvalue weighted by atomic mass is 10.1. The summed E-state index contributed by atoms with van der Waals surface area (Å²) >= 11 is 0. The minimum atomic E-state index is 0.768. The van der Waals surface area contributed by atoms with Crippen LogP contribution in [-0.2, 0) is 0 Å². The highest BCUT2D eigenvalue weighted by Crippen LogP contribution is 2.23. The van der Waals surface area contributed by atoms with E-state index in [2.05, 4.69) is 23.2 Å². The first-order chi connectivity index (χ1) is 8.33. The highest BCUT2D eigenvalue weighted by molar-refractivity contribution is 5.85. The summed E-state index contributed by atoms with van der Waals surface area (Å²) in [5, 5.41) is 1.08. The van der Waals surface area contributed by atoms with Gasteiger partial charge in [-0.1, -0.05) is 30.3 Å². The van der Waals surface area contributed by atoms with Gasteiger partial charge in [0.05, 0.1) is 5.52 Å². The summed E-state index contributed by atoms with van der Waals surface area (Å²) in [4.78, 5) is 4.44. The molecule has 0 fully saturated rings. The van der Waals surface area contributed by atoms with E-state index in [1.807, 2.05) is 42.6 Å². The van der Waals surface area contributed by atoms with E-state index in [1.165, 1.54) is 5.56 Å². The molecule has 3 rings (SSSR count). The third-order valence-corrected chi connectivity index (χ3v) is 2.81. The monoisotopic (exact) mass is 220 g/mol. The Balaban J connectivity index is 2.19. The largest absolute Gasteiger partial charge is 0.399 e. The summed E-state index contributed by atoms with van der Waals surface area (Å²) < 4.78 is 0. The summed E-state index contributed by atoms with van der Waals surface area (Å²) in [6.45, 7) is 0. The van der Waals surface area contributed by atoms with Crippen LogP contribution in [0, 0.1) is 0 Å². The number of pyridine rings is 1. The molecule has 0 amide bonds. The Hall–Kier alpha value is -2.35. The van der Waals surface area contributed by atoms with E-state index in [0.29, 0.717) is 0 Å². The lowest BCUT2D eigenvalue weighted by molar-refractivity contribution is 1.41. The summed E-state index contributed by atoms with van der Waals surface area (Å²) in [7, 11) is 0. The molecule has 0 spiro atoms. The molecule has 0 aliphatic rings. The van der Waals surface area contributed by atoms with Gasteiger partial charge in [-0.25, -0.2) is 0 Å². The van der Waals surface area contributed by atoms with E-state index in [1.54, 1.807) is 0 Å². The Bertz CT molecular complexity index is 660. The molecule has 3 aromatic rings. The van der Waals surface area contributed by atoms with Crippen LogP contribution in [0.3, 0.4) is 0 Å². The molecule has 82 valence electrons. The summed E-state index contributed by atoms with van der Waals surface area (Å²) in [6, 6.07) is 18.1. The number of rotatable bonds is 1. The first-order valence-corrected chi connectivity index (χ1v) is 5.54. The zero-order chi connectivity index (χ0) is 11.7. The van der Waals surface area contributed by atoms with Crippen LogP contribution in [0.1, 0.15) is 0 Å². The van der Waals surface area contributed by atoms with Crippen LogP contribution >= 0.6 is 0 Å². The van der Waals surface area contributed by atoms with Gasteiger partial charge in [0, 0.05) is 22.8 Å². The maximum absolute atomic E-state index is 5.78. The smallest absolute Gasteiger partial charge is 0.0703 e. The van der Waals surface area contributed by atoms with Crippen LogP contribution < -0.4 is 5.73 Å². The van der Waals surface area contributed by atoms with Gasteiger partial charge in [0.25, 0.3) is 0 Å². The molecule has 1 heterocycles. The van der Waals surface area contributed by atoms with E-state index in [-0.39, 0.29) is 0 Å². The fourth-order valence-electron chi connectivity index (χ4n) is 1.94. The summed E-state index contributed by atoms with van der Waals surface area (Å²) in [5.41, 5.74) is 9.81. The normalized spacial score (nSPS) is 10.6. The highest BCUT2D eigenvalue weighted by atomic mass is 14.7. The number of nitrogens with two attached hydrogens (primary N) is 1. The maximum Gasteiger partial charge on any atom is 0.0703 e. The van der Waals surface area contributed by atoms with Crippen molar-refractivity contribution in [3.05, 3.63) is 60.8 Å². The lowest BCUT2D eigenvalue weighted by Gasteiger charge is -2.04. The van der Waals surface area contributed by atoms with Crippen molar-refractivity contribution in [1.82, 2.24) is 4.98 Å². The van der Waals surface area contributed by atoms with Crippen molar-refractivity contribution >= 4 is 16.6 Å². The first kappa shape index (κ1) is 9.85. The Morgan fingerprint density at radius 3 is 2.47 bits per heavy atom. The van der Waals surface area contributed by atoms with Crippen LogP contribution in [0.4, 0.5) is 5.69 Å². The molecule has 1 aromatic heterocycles. The van der Waals surface area contributed by atoms with Crippen molar-refractivity contribution in [2.75, 3.05) is 5.73 Å².